The van der Waals surface area contributed by atoms with Crippen LogP contribution >= 0.6 is 0 Å². The third kappa shape index (κ3) is 4.70. The van der Waals surface area contributed by atoms with Crippen molar-refractivity contribution in [1.82, 2.24) is 4.98 Å². The molecule has 2 N–H and O–H groups in total. The lowest BCUT2D eigenvalue weighted by Gasteiger charge is -2.10. The van der Waals surface area contributed by atoms with Crippen molar-refractivity contribution in [2.24, 2.45) is 0 Å². The minimum atomic E-state index is -0.509. The lowest BCUT2D eigenvalue weighted by atomic mass is 10.1. The van der Waals surface area contributed by atoms with Crippen molar-refractivity contribution in [3.8, 4) is 0 Å². The van der Waals surface area contributed by atoms with Crippen LogP contribution in [0.1, 0.15) is 27.8 Å². The fourth-order valence-corrected chi connectivity index (χ4v) is 2.47. The second kappa shape index (κ2) is 8.77. The molecular weight excluding hydrogens is 361 g/mol. The molecule has 0 aliphatic carbocycles. The Morgan fingerprint density at radius 3 is 2.39 bits per heavy atom. The zero-order chi connectivity index (χ0) is 19.9. The van der Waals surface area contributed by atoms with Gasteiger partial charge in [0.15, 0.2) is 0 Å². The molecule has 0 fully saturated rings. The van der Waals surface area contributed by atoms with Crippen LogP contribution in [0.5, 0.6) is 0 Å². The van der Waals surface area contributed by atoms with Gasteiger partial charge in [-0.25, -0.2) is 14.2 Å². The summed E-state index contributed by atoms with van der Waals surface area (Å²) in [6.45, 7) is 1.95. The van der Waals surface area contributed by atoms with Crippen molar-refractivity contribution in [1.29, 1.82) is 0 Å². The Balaban J connectivity index is 1.70. The molecule has 1 aromatic heterocycles. The van der Waals surface area contributed by atoms with Crippen LogP contribution in [-0.4, -0.2) is 23.5 Å². The molecular formula is C21H18FN3O3. The van der Waals surface area contributed by atoms with Crippen molar-refractivity contribution >= 4 is 28.9 Å². The van der Waals surface area contributed by atoms with Gasteiger partial charge in [-0.15, -0.1) is 0 Å². The molecule has 7 heteroatoms. The van der Waals surface area contributed by atoms with Gasteiger partial charge in [-0.3, -0.25) is 4.79 Å². The monoisotopic (exact) mass is 379 g/mol. The van der Waals surface area contributed by atoms with Gasteiger partial charge in [0.2, 0.25) is 0 Å². The Kier molecular flexibility index (Phi) is 5.96. The number of nitrogens with one attached hydrogen (secondary N) is 2. The Bertz CT molecular complexity index is 973. The predicted octanol–water partition coefficient (Wildman–Crippen LogP) is 4.39. The summed E-state index contributed by atoms with van der Waals surface area (Å²) in [5.41, 5.74) is 2.15. The standard InChI is InChI=1S/C21H18FN3O3/c1-2-28-21(27)17-5-3-4-6-18(17)25-20(26)19-12-11-16(13-23-19)24-15-9-7-14(22)8-10-15/h3-13,24H,2H2,1H3,(H,25,26). The van der Waals surface area contributed by atoms with Crippen LogP contribution in [0.25, 0.3) is 0 Å². The molecule has 3 rings (SSSR count). The van der Waals surface area contributed by atoms with Gasteiger partial charge >= 0.3 is 5.97 Å². The summed E-state index contributed by atoms with van der Waals surface area (Å²) in [7, 11) is 0. The zero-order valence-corrected chi connectivity index (χ0v) is 15.1. The quantitative estimate of drug-likeness (QED) is 0.621. The van der Waals surface area contributed by atoms with Gasteiger partial charge in [-0.2, -0.15) is 0 Å². The predicted molar refractivity (Wildman–Crippen MR) is 104 cm³/mol. The van der Waals surface area contributed by atoms with Crippen LogP contribution in [0.4, 0.5) is 21.5 Å². The van der Waals surface area contributed by atoms with E-state index in [0.717, 1.165) is 0 Å². The van der Waals surface area contributed by atoms with Crippen LogP contribution in [0.2, 0.25) is 0 Å². The molecule has 0 unspecified atom stereocenters. The molecule has 0 bridgehead atoms. The number of esters is 1. The number of carbonyl (C=O) groups excluding carboxylic acids is 2. The van der Waals surface area contributed by atoms with Crippen LogP contribution in [0.15, 0.2) is 66.9 Å². The van der Waals surface area contributed by atoms with Crippen LogP contribution in [0.3, 0.4) is 0 Å². The summed E-state index contributed by atoms with van der Waals surface area (Å²) in [4.78, 5) is 28.6. The SMILES string of the molecule is CCOC(=O)c1ccccc1NC(=O)c1ccc(Nc2ccc(F)cc2)cn1. The second-order valence-electron chi connectivity index (χ2n) is 5.78. The molecule has 1 amide bonds. The molecule has 0 saturated heterocycles. The zero-order valence-electron chi connectivity index (χ0n) is 15.1. The number of halogens is 1. The van der Waals surface area contributed by atoms with Gasteiger partial charge < -0.3 is 15.4 Å². The van der Waals surface area contributed by atoms with Crippen LogP contribution in [-0.2, 0) is 4.74 Å². The number of aromatic nitrogens is 1. The molecule has 0 radical (unpaired) electrons. The molecule has 0 atom stereocenters. The van der Waals surface area contributed by atoms with Gasteiger partial charge in [-0.1, -0.05) is 12.1 Å². The molecule has 142 valence electrons. The Morgan fingerprint density at radius 1 is 1.00 bits per heavy atom. The molecule has 1 heterocycles. The first-order valence-electron chi connectivity index (χ1n) is 8.63. The van der Waals surface area contributed by atoms with E-state index in [1.807, 2.05) is 0 Å². The normalized spacial score (nSPS) is 10.2. The lowest BCUT2D eigenvalue weighted by molar-refractivity contribution is 0.0527. The van der Waals surface area contributed by atoms with Crippen molar-refractivity contribution < 1.29 is 18.7 Å². The number of benzene rings is 2. The van der Waals surface area contributed by atoms with E-state index < -0.39 is 11.9 Å². The number of carbonyl (C=O) groups is 2. The summed E-state index contributed by atoms with van der Waals surface area (Å²) >= 11 is 0. The first-order chi connectivity index (χ1) is 13.6. The molecule has 0 spiro atoms. The number of hydrogen-bond donors (Lipinski definition) is 2. The Morgan fingerprint density at radius 2 is 1.71 bits per heavy atom. The van der Waals surface area contributed by atoms with Crippen LogP contribution < -0.4 is 10.6 Å². The molecule has 0 aliphatic rings. The smallest absolute Gasteiger partial charge is 0.340 e. The van der Waals surface area contributed by atoms with E-state index in [-0.39, 0.29) is 23.7 Å². The number of hydrogen-bond acceptors (Lipinski definition) is 5. The molecule has 3 aromatic rings. The second-order valence-corrected chi connectivity index (χ2v) is 5.78. The van der Waals surface area contributed by atoms with Gasteiger partial charge in [0, 0.05) is 5.69 Å². The fraction of sp³-hybridized carbons (Fsp3) is 0.0952. The number of amides is 1. The molecule has 0 saturated carbocycles. The van der Waals surface area contributed by atoms with E-state index in [9.17, 15) is 14.0 Å². The highest BCUT2D eigenvalue weighted by Gasteiger charge is 2.15. The van der Waals surface area contributed by atoms with Gasteiger partial charge in [0.1, 0.15) is 11.5 Å². The largest absolute Gasteiger partial charge is 0.462 e. The van der Waals surface area contributed by atoms with E-state index >= 15 is 0 Å². The number of pyridine rings is 1. The maximum Gasteiger partial charge on any atom is 0.340 e. The maximum absolute atomic E-state index is 13.0. The summed E-state index contributed by atoms with van der Waals surface area (Å²) in [5, 5.41) is 5.74. The number of rotatable bonds is 6. The fourth-order valence-electron chi connectivity index (χ4n) is 2.47. The van der Waals surface area contributed by atoms with Crippen molar-refractivity contribution in [3.63, 3.8) is 0 Å². The molecule has 28 heavy (non-hydrogen) atoms. The summed E-state index contributed by atoms with van der Waals surface area (Å²) in [6, 6.07) is 15.7. The topological polar surface area (TPSA) is 80.3 Å². The van der Waals surface area contributed by atoms with Crippen molar-refractivity contribution in [3.05, 3.63) is 83.9 Å². The van der Waals surface area contributed by atoms with E-state index in [2.05, 4.69) is 15.6 Å². The molecule has 6 nitrogen and oxygen atoms in total. The number of anilines is 3. The third-order valence-corrected chi connectivity index (χ3v) is 3.80. The van der Waals surface area contributed by atoms with E-state index in [0.29, 0.717) is 17.1 Å². The van der Waals surface area contributed by atoms with Gasteiger partial charge in [0.05, 0.1) is 29.7 Å². The van der Waals surface area contributed by atoms with E-state index in [1.54, 1.807) is 55.5 Å². The average Bonchev–Trinajstić information content (AvgIpc) is 2.71. The summed E-state index contributed by atoms with van der Waals surface area (Å²) in [5.74, 6) is -1.28. The lowest BCUT2D eigenvalue weighted by Crippen LogP contribution is -2.17. The molecule has 2 aromatic carbocycles. The van der Waals surface area contributed by atoms with Gasteiger partial charge in [-0.05, 0) is 55.5 Å². The summed E-state index contributed by atoms with van der Waals surface area (Å²) < 4.78 is 18.0. The third-order valence-electron chi connectivity index (χ3n) is 3.80. The first-order valence-corrected chi connectivity index (χ1v) is 8.63. The highest BCUT2D eigenvalue weighted by Crippen LogP contribution is 2.19. The number of nitrogens with zero attached hydrogens (tertiary/aromatic N) is 1. The first kappa shape index (κ1) is 19.0. The van der Waals surface area contributed by atoms with Crippen LogP contribution in [0, 0.1) is 5.82 Å². The molecule has 0 aliphatic heterocycles. The maximum atomic E-state index is 13.0. The number of ether oxygens (including phenoxy) is 1. The average molecular weight is 379 g/mol. The van der Waals surface area contributed by atoms with Crippen molar-refractivity contribution in [2.45, 2.75) is 6.92 Å². The minimum Gasteiger partial charge on any atom is -0.462 e. The van der Waals surface area contributed by atoms with E-state index in [4.69, 9.17) is 4.74 Å². The minimum absolute atomic E-state index is 0.184. The van der Waals surface area contributed by atoms with E-state index in [1.165, 1.54) is 18.3 Å². The highest BCUT2D eigenvalue weighted by molar-refractivity contribution is 6.07. The van der Waals surface area contributed by atoms with Gasteiger partial charge in [0.25, 0.3) is 5.91 Å². The van der Waals surface area contributed by atoms with Crippen molar-refractivity contribution in [2.75, 3.05) is 17.2 Å². The Hall–Kier alpha value is -3.74. The highest BCUT2D eigenvalue weighted by atomic mass is 19.1. The number of para-hydroxylation sites is 1. The Labute approximate surface area is 161 Å². The summed E-state index contributed by atoms with van der Waals surface area (Å²) in [6.07, 6.45) is 1.50.